The molecule has 1 N–H and O–H groups in total. The monoisotopic (exact) mass is 467 g/mol. The Hall–Kier alpha value is -3.58. The molecule has 8 heteroatoms. The van der Waals surface area contributed by atoms with E-state index in [1.807, 2.05) is 0 Å². The van der Waals surface area contributed by atoms with Crippen molar-refractivity contribution < 1.29 is 18.7 Å². The van der Waals surface area contributed by atoms with Gasteiger partial charge in [0.2, 0.25) is 0 Å². The number of rotatable bonds is 6. The van der Waals surface area contributed by atoms with E-state index in [0.29, 0.717) is 52.8 Å². The first-order chi connectivity index (χ1) is 16.0. The van der Waals surface area contributed by atoms with Gasteiger partial charge in [-0.15, -0.1) is 0 Å². The molecule has 1 aliphatic heterocycles. The highest BCUT2D eigenvalue weighted by Gasteiger charge is 2.29. The number of carbonyl (C=O) groups excluding carboxylic acids is 2. The molecule has 1 fully saturated rings. The molecule has 3 amide bonds. The molecular formula is C25H23ClFN3O3. The number of hydrogen-bond acceptors (Lipinski definition) is 3. The van der Waals surface area contributed by atoms with Crippen molar-refractivity contribution >= 4 is 34.9 Å². The third kappa shape index (κ3) is 4.93. The average Bonchev–Trinajstić information content (AvgIpc) is 2.82. The van der Waals surface area contributed by atoms with Gasteiger partial charge in [0.25, 0.3) is 5.91 Å². The van der Waals surface area contributed by atoms with Gasteiger partial charge in [0, 0.05) is 24.3 Å². The van der Waals surface area contributed by atoms with Crippen LogP contribution in [0.3, 0.4) is 0 Å². The lowest BCUT2D eigenvalue weighted by molar-refractivity contribution is 0.102. The topological polar surface area (TPSA) is 61.9 Å². The van der Waals surface area contributed by atoms with E-state index in [-0.39, 0.29) is 24.3 Å². The van der Waals surface area contributed by atoms with E-state index in [2.05, 4.69) is 5.32 Å². The number of benzene rings is 3. The lowest BCUT2D eigenvalue weighted by Gasteiger charge is -2.36. The zero-order chi connectivity index (χ0) is 23.4. The summed E-state index contributed by atoms with van der Waals surface area (Å²) in [7, 11) is 1.52. The molecule has 170 valence electrons. The molecule has 33 heavy (non-hydrogen) atoms. The Morgan fingerprint density at radius 3 is 2.61 bits per heavy atom. The van der Waals surface area contributed by atoms with Crippen LogP contribution in [-0.2, 0) is 6.54 Å². The van der Waals surface area contributed by atoms with E-state index in [0.717, 1.165) is 0 Å². The predicted molar refractivity (Wildman–Crippen MR) is 127 cm³/mol. The summed E-state index contributed by atoms with van der Waals surface area (Å²) in [5.74, 6) is -0.209. The average molecular weight is 468 g/mol. The molecule has 1 aliphatic rings. The summed E-state index contributed by atoms with van der Waals surface area (Å²) < 4.78 is 19.6. The molecular weight excluding hydrogens is 445 g/mol. The second-order valence-corrected chi connectivity index (χ2v) is 8.03. The molecule has 0 spiro atoms. The second kappa shape index (κ2) is 9.92. The fourth-order valence-electron chi connectivity index (χ4n) is 3.81. The van der Waals surface area contributed by atoms with E-state index < -0.39 is 0 Å². The van der Waals surface area contributed by atoms with Crippen LogP contribution in [0.15, 0.2) is 66.7 Å². The maximum absolute atomic E-state index is 14.1. The largest absolute Gasteiger partial charge is 0.495 e. The van der Waals surface area contributed by atoms with Crippen LogP contribution in [0.1, 0.15) is 22.3 Å². The van der Waals surface area contributed by atoms with Gasteiger partial charge in [-0.3, -0.25) is 9.69 Å². The van der Waals surface area contributed by atoms with Crippen LogP contribution in [0.25, 0.3) is 0 Å². The summed E-state index contributed by atoms with van der Waals surface area (Å²) in [4.78, 5) is 29.2. The molecule has 1 heterocycles. The zero-order valence-corrected chi connectivity index (χ0v) is 18.8. The fourth-order valence-corrected chi connectivity index (χ4v) is 4.03. The highest BCUT2D eigenvalue weighted by Crippen LogP contribution is 2.34. The van der Waals surface area contributed by atoms with E-state index in [4.69, 9.17) is 16.3 Å². The van der Waals surface area contributed by atoms with Gasteiger partial charge in [-0.2, -0.15) is 0 Å². The van der Waals surface area contributed by atoms with E-state index in [1.165, 1.54) is 13.2 Å². The minimum absolute atomic E-state index is 0.174. The predicted octanol–water partition coefficient (Wildman–Crippen LogP) is 5.57. The van der Waals surface area contributed by atoms with Crippen molar-refractivity contribution in [1.29, 1.82) is 0 Å². The highest BCUT2D eigenvalue weighted by molar-refractivity contribution is 6.34. The zero-order valence-electron chi connectivity index (χ0n) is 18.1. The molecule has 0 aliphatic carbocycles. The van der Waals surface area contributed by atoms with Gasteiger partial charge in [0.05, 0.1) is 29.9 Å². The van der Waals surface area contributed by atoms with Crippen LogP contribution < -0.4 is 15.0 Å². The number of carbonyl (C=O) groups is 2. The smallest absolute Gasteiger partial charge is 0.324 e. The van der Waals surface area contributed by atoms with Crippen LogP contribution in [0.4, 0.5) is 20.6 Å². The number of nitrogens with one attached hydrogen (secondary N) is 1. The van der Waals surface area contributed by atoms with E-state index in [1.54, 1.807) is 70.5 Å². The number of hydrogen-bond donors (Lipinski definition) is 1. The van der Waals surface area contributed by atoms with Crippen molar-refractivity contribution in [2.45, 2.75) is 13.0 Å². The fraction of sp³-hybridized carbons (Fsp3) is 0.200. The van der Waals surface area contributed by atoms with Gasteiger partial charge in [-0.25, -0.2) is 9.18 Å². The van der Waals surface area contributed by atoms with Crippen molar-refractivity contribution in [3.05, 3.63) is 88.7 Å². The van der Waals surface area contributed by atoms with Crippen LogP contribution in [-0.4, -0.2) is 37.0 Å². The molecule has 0 unspecified atom stereocenters. The maximum atomic E-state index is 14.1. The van der Waals surface area contributed by atoms with Crippen molar-refractivity contribution in [2.75, 3.05) is 30.4 Å². The quantitative estimate of drug-likeness (QED) is 0.515. The number of methoxy groups -OCH3 is 1. The molecule has 0 atom stereocenters. The van der Waals surface area contributed by atoms with Crippen LogP contribution in [0.5, 0.6) is 5.75 Å². The standard InChI is InChI=1S/C25H23ClFN3O3/c1-33-23-12-11-18(28-24(31)19-8-3-4-9-20(19)26)15-22(23)30-14-6-13-29(25(30)32)16-17-7-2-5-10-21(17)27/h2-5,7-12,15H,6,13-14,16H2,1H3,(H,28,31). The molecule has 3 aromatic rings. The molecule has 0 saturated carbocycles. The van der Waals surface area contributed by atoms with Gasteiger partial charge < -0.3 is 15.0 Å². The second-order valence-electron chi connectivity index (χ2n) is 7.62. The normalized spacial score (nSPS) is 13.7. The summed E-state index contributed by atoms with van der Waals surface area (Å²) >= 11 is 6.13. The Kier molecular flexibility index (Phi) is 6.79. The number of halogens is 2. The molecule has 4 rings (SSSR count). The molecule has 3 aromatic carbocycles. The highest BCUT2D eigenvalue weighted by atomic mass is 35.5. The molecule has 6 nitrogen and oxygen atoms in total. The SMILES string of the molecule is COc1ccc(NC(=O)c2ccccc2Cl)cc1N1CCCN(Cc2ccccc2F)C1=O. The Morgan fingerprint density at radius 2 is 1.85 bits per heavy atom. The van der Waals surface area contributed by atoms with Crippen molar-refractivity contribution in [2.24, 2.45) is 0 Å². The minimum Gasteiger partial charge on any atom is -0.495 e. The van der Waals surface area contributed by atoms with Gasteiger partial charge in [0.1, 0.15) is 11.6 Å². The summed E-state index contributed by atoms with van der Waals surface area (Å²) in [5, 5.41) is 3.17. The minimum atomic E-state index is -0.358. The summed E-state index contributed by atoms with van der Waals surface area (Å²) in [6, 6.07) is 18.0. The van der Waals surface area contributed by atoms with Gasteiger partial charge in [0.15, 0.2) is 0 Å². The number of amides is 3. The third-order valence-corrected chi connectivity index (χ3v) is 5.81. The van der Waals surface area contributed by atoms with E-state index >= 15 is 0 Å². The van der Waals surface area contributed by atoms with Gasteiger partial charge >= 0.3 is 6.03 Å². The van der Waals surface area contributed by atoms with Crippen LogP contribution in [0.2, 0.25) is 5.02 Å². The summed E-state index contributed by atoms with van der Waals surface area (Å²) in [6.07, 6.45) is 0.708. The van der Waals surface area contributed by atoms with Crippen molar-refractivity contribution in [3.8, 4) is 5.75 Å². The molecule has 0 bridgehead atoms. The molecule has 1 saturated heterocycles. The number of ether oxygens (including phenoxy) is 1. The Morgan fingerprint density at radius 1 is 1.09 bits per heavy atom. The van der Waals surface area contributed by atoms with Crippen LogP contribution in [0, 0.1) is 5.82 Å². The van der Waals surface area contributed by atoms with Crippen molar-refractivity contribution in [1.82, 2.24) is 4.90 Å². The number of anilines is 2. The van der Waals surface area contributed by atoms with E-state index in [9.17, 15) is 14.0 Å². The van der Waals surface area contributed by atoms with Gasteiger partial charge in [-0.1, -0.05) is 41.9 Å². The Labute approximate surface area is 196 Å². The Bertz CT molecular complexity index is 1190. The molecule has 0 radical (unpaired) electrons. The maximum Gasteiger partial charge on any atom is 0.324 e. The van der Waals surface area contributed by atoms with Crippen molar-refractivity contribution in [3.63, 3.8) is 0 Å². The first-order valence-corrected chi connectivity index (χ1v) is 10.9. The number of urea groups is 1. The Balaban J connectivity index is 1.58. The lowest BCUT2D eigenvalue weighted by atomic mass is 10.1. The van der Waals surface area contributed by atoms with Gasteiger partial charge in [-0.05, 0) is 42.8 Å². The third-order valence-electron chi connectivity index (χ3n) is 5.48. The van der Waals surface area contributed by atoms with Crippen LogP contribution >= 0.6 is 11.6 Å². The lowest BCUT2D eigenvalue weighted by Crippen LogP contribution is -2.49. The first kappa shape index (κ1) is 22.6. The summed E-state index contributed by atoms with van der Waals surface area (Å²) in [5.41, 5.74) is 1.83. The number of nitrogens with zero attached hydrogens (tertiary/aromatic N) is 2. The molecule has 0 aromatic heterocycles. The first-order valence-electron chi connectivity index (χ1n) is 10.5. The summed E-state index contributed by atoms with van der Waals surface area (Å²) in [6.45, 7) is 1.17.